The molecule has 17 heavy (non-hydrogen) atoms. The summed E-state index contributed by atoms with van der Waals surface area (Å²) in [5.41, 5.74) is 0. The van der Waals surface area contributed by atoms with E-state index < -0.39 is 21.8 Å². The van der Waals surface area contributed by atoms with Crippen LogP contribution in [0.1, 0.15) is 6.42 Å². The van der Waals surface area contributed by atoms with Crippen molar-refractivity contribution >= 4 is 21.7 Å². The van der Waals surface area contributed by atoms with E-state index in [0.29, 0.717) is 6.42 Å². The van der Waals surface area contributed by atoms with Crippen LogP contribution in [-0.4, -0.2) is 67.0 Å². The van der Waals surface area contributed by atoms with Crippen LogP contribution < -0.4 is 5.32 Å². The van der Waals surface area contributed by atoms with E-state index in [1.54, 1.807) is 4.90 Å². The lowest BCUT2D eigenvalue weighted by atomic mass is 10.1. The summed E-state index contributed by atoms with van der Waals surface area (Å²) in [6.07, 6.45) is 0.474. The van der Waals surface area contributed by atoms with Crippen molar-refractivity contribution in [2.45, 2.75) is 18.5 Å². The van der Waals surface area contributed by atoms with Crippen molar-refractivity contribution in [2.75, 3.05) is 24.6 Å². The van der Waals surface area contributed by atoms with Gasteiger partial charge in [0.1, 0.15) is 6.04 Å². The van der Waals surface area contributed by atoms with Gasteiger partial charge < -0.3 is 10.4 Å². The number of hydrogen-bond acceptors (Lipinski definition) is 5. The Hall–Kier alpha value is -1.15. The maximum absolute atomic E-state index is 11.3. The summed E-state index contributed by atoms with van der Waals surface area (Å²) in [6.45, 7) is 0.241. The lowest BCUT2D eigenvalue weighted by Crippen LogP contribution is -2.59. The Balaban J connectivity index is 2.06. The maximum atomic E-state index is 11.3. The van der Waals surface area contributed by atoms with Crippen molar-refractivity contribution < 1.29 is 23.1 Å². The molecule has 2 aliphatic rings. The number of sulfone groups is 1. The predicted molar refractivity (Wildman–Crippen MR) is 58.2 cm³/mol. The molecule has 0 aromatic rings. The van der Waals surface area contributed by atoms with E-state index in [1.807, 2.05) is 0 Å². The molecule has 2 aliphatic heterocycles. The van der Waals surface area contributed by atoms with E-state index in [4.69, 9.17) is 5.11 Å². The Kier molecular flexibility index (Phi) is 3.09. The molecule has 1 amide bonds. The number of nitrogens with zero attached hydrogens (tertiary/aromatic N) is 1. The van der Waals surface area contributed by atoms with Crippen molar-refractivity contribution in [3.8, 4) is 0 Å². The molecule has 2 unspecified atom stereocenters. The smallest absolute Gasteiger partial charge is 0.327 e. The summed E-state index contributed by atoms with van der Waals surface area (Å²) in [6, 6.07) is -1.17. The number of carbonyl (C=O) groups is 2. The Morgan fingerprint density at radius 1 is 1.47 bits per heavy atom. The molecule has 0 aliphatic carbocycles. The second kappa shape index (κ2) is 4.26. The Morgan fingerprint density at radius 3 is 2.71 bits per heavy atom. The number of piperazine rings is 1. The number of carboxylic acids is 1. The molecule has 0 aromatic heterocycles. The van der Waals surface area contributed by atoms with E-state index in [9.17, 15) is 18.0 Å². The van der Waals surface area contributed by atoms with Gasteiger partial charge in [0.2, 0.25) is 5.91 Å². The fourth-order valence-electron chi connectivity index (χ4n) is 2.25. The molecule has 0 saturated carbocycles. The largest absolute Gasteiger partial charge is 0.480 e. The minimum atomic E-state index is -3.02. The van der Waals surface area contributed by atoms with Crippen molar-refractivity contribution in [3.63, 3.8) is 0 Å². The van der Waals surface area contributed by atoms with Gasteiger partial charge >= 0.3 is 5.97 Å². The van der Waals surface area contributed by atoms with Crippen molar-refractivity contribution in [2.24, 2.45) is 0 Å². The first-order valence-electron chi connectivity index (χ1n) is 5.34. The molecular weight excluding hydrogens is 248 g/mol. The molecule has 2 heterocycles. The van der Waals surface area contributed by atoms with E-state index in [0.717, 1.165) is 0 Å². The minimum Gasteiger partial charge on any atom is -0.480 e. The van der Waals surface area contributed by atoms with Gasteiger partial charge in [0.25, 0.3) is 0 Å². The highest BCUT2D eigenvalue weighted by Crippen LogP contribution is 2.19. The number of aliphatic carboxylic acids is 1. The topological polar surface area (TPSA) is 104 Å². The zero-order valence-electron chi connectivity index (χ0n) is 9.13. The molecule has 0 spiro atoms. The molecule has 2 fully saturated rings. The van der Waals surface area contributed by atoms with Crippen molar-refractivity contribution in [1.82, 2.24) is 10.2 Å². The van der Waals surface area contributed by atoms with Crippen molar-refractivity contribution in [1.29, 1.82) is 0 Å². The van der Waals surface area contributed by atoms with Gasteiger partial charge in [-0.1, -0.05) is 0 Å². The summed E-state index contributed by atoms with van der Waals surface area (Å²) in [4.78, 5) is 23.8. The third-order valence-corrected chi connectivity index (χ3v) is 4.87. The standard InChI is InChI=1S/C9H14N2O5S/c12-8-4-11(3-7(10-8)9(13)14)6-1-2-17(15,16)5-6/h6-7H,1-5H2,(H,10,12)(H,13,14). The monoisotopic (exact) mass is 262 g/mol. The molecule has 2 rings (SSSR count). The highest BCUT2D eigenvalue weighted by atomic mass is 32.2. The van der Waals surface area contributed by atoms with E-state index in [1.165, 1.54) is 0 Å². The molecule has 96 valence electrons. The van der Waals surface area contributed by atoms with E-state index >= 15 is 0 Å². The van der Waals surface area contributed by atoms with Crippen LogP contribution in [0.2, 0.25) is 0 Å². The highest BCUT2D eigenvalue weighted by molar-refractivity contribution is 7.91. The predicted octanol–water partition coefficient (Wildman–Crippen LogP) is -1.94. The molecule has 8 heteroatoms. The fourth-order valence-corrected chi connectivity index (χ4v) is 4.01. The highest BCUT2D eigenvalue weighted by Gasteiger charge is 2.38. The third-order valence-electron chi connectivity index (χ3n) is 3.12. The fraction of sp³-hybridized carbons (Fsp3) is 0.778. The second-order valence-corrected chi connectivity index (χ2v) is 6.67. The number of carboxylic acid groups (broad SMARTS) is 1. The molecule has 0 aromatic carbocycles. The van der Waals surface area contributed by atoms with Gasteiger partial charge in [-0.15, -0.1) is 0 Å². The lowest BCUT2D eigenvalue weighted by Gasteiger charge is -2.34. The SMILES string of the molecule is O=C1CN(C2CCS(=O)(=O)C2)CC(C(=O)O)N1. The summed E-state index contributed by atoms with van der Waals surface area (Å²) in [5, 5.41) is 11.2. The van der Waals surface area contributed by atoms with Crippen LogP contribution in [0.5, 0.6) is 0 Å². The maximum Gasteiger partial charge on any atom is 0.327 e. The van der Waals surface area contributed by atoms with Gasteiger partial charge in [-0.2, -0.15) is 0 Å². The first-order valence-corrected chi connectivity index (χ1v) is 7.16. The quantitative estimate of drug-likeness (QED) is 0.600. The molecular formula is C9H14N2O5S. The minimum absolute atomic E-state index is 0.0205. The zero-order chi connectivity index (χ0) is 12.6. The van der Waals surface area contributed by atoms with E-state index in [2.05, 4.69) is 5.32 Å². The Labute approximate surface area is 98.7 Å². The van der Waals surface area contributed by atoms with Crippen LogP contribution in [0.3, 0.4) is 0 Å². The summed E-state index contributed by atoms with van der Waals surface area (Å²) in [7, 11) is -3.02. The van der Waals surface area contributed by atoms with Crippen molar-refractivity contribution in [3.05, 3.63) is 0 Å². The van der Waals surface area contributed by atoms with Gasteiger partial charge in [0, 0.05) is 12.6 Å². The summed E-state index contributed by atoms with van der Waals surface area (Å²) in [5.74, 6) is -1.32. The van der Waals surface area contributed by atoms with Gasteiger partial charge in [-0.05, 0) is 6.42 Å². The van der Waals surface area contributed by atoms with Crippen LogP contribution >= 0.6 is 0 Å². The van der Waals surface area contributed by atoms with Crippen LogP contribution in [-0.2, 0) is 19.4 Å². The number of nitrogens with one attached hydrogen (secondary N) is 1. The molecule has 0 radical (unpaired) electrons. The first-order chi connectivity index (χ1) is 7.87. The van der Waals surface area contributed by atoms with Gasteiger partial charge in [-0.3, -0.25) is 9.69 Å². The number of carbonyl (C=O) groups excluding carboxylic acids is 1. The van der Waals surface area contributed by atoms with Gasteiger partial charge in [0.15, 0.2) is 9.84 Å². The van der Waals surface area contributed by atoms with Gasteiger partial charge in [-0.25, -0.2) is 13.2 Å². The van der Waals surface area contributed by atoms with Crippen LogP contribution in [0.15, 0.2) is 0 Å². The molecule has 2 N–H and O–H groups in total. The average molecular weight is 262 g/mol. The third kappa shape index (κ3) is 2.75. The van der Waals surface area contributed by atoms with Gasteiger partial charge in [0.05, 0.1) is 18.1 Å². The average Bonchev–Trinajstić information content (AvgIpc) is 2.58. The van der Waals surface area contributed by atoms with E-state index in [-0.39, 0.29) is 36.5 Å². The van der Waals surface area contributed by atoms with Crippen LogP contribution in [0.4, 0.5) is 0 Å². The number of hydrogen-bond donors (Lipinski definition) is 2. The molecule has 7 nitrogen and oxygen atoms in total. The first kappa shape index (κ1) is 12.3. The van der Waals surface area contributed by atoms with Crippen LogP contribution in [0, 0.1) is 0 Å². The van der Waals surface area contributed by atoms with Crippen LogP contribution in [0.25, 0.3) is 0 Å². The molecule has 2 atom stereocenters. The molecule has 0 bridgehead atoms. The Bertz CT molecular complexity index is 446. The normalized spacial score (nSPS) is 33.3. The number of amides is 1. The lowest BCUT2D eigenvalue weighted by molar-refractivity contribution is -0.145. The Morgan fingerprint density at radius 2 is 2.18 bits per heavy atom. The zero-order valence-corrected chi connectivity index (χ0v) is 9.94. The molecule has 2 saturated heterocycles. The summed E-state index contributed by atoms with van der Waals surface area (Å²) < 4.78 is 22.7. The number of rotatable bonds is 2. The summed E-state index contributed by atoms with van der Waals surface area (Å²) >= 11 is 0. The second-order valence-electron chi connectivity index (χ2n) is 4.44.